The number of hydrogen-bond donors (Lipinski definition) is 3. The second kappa shape index (κ2) is 12.7. The Bertz CT molecular complexity index is 420. The Hall–Kier alpha value is -0.820. The lowest BCUT2D eigenvalue weighted by Crippen LogP contribution is -2.38. The molecule has 4 nitrogen and oxygen atoms in total. The van der Waals surface area contributed by atoms with Gasteiger partial charge in [-0.05, 0) is 25.8 Å². The first-order chi connectivity index (χ1) is 10.2. The number of hydrogen-bond acceptors (Lipinski definition) is 2. The van der Waals surface area contributed by atoms with Crippen LogP contribution in [0.5, 0.6) is 0 Å². The fraction of sp³-hybridized carbons (Fsp3) is 0.588. The number of aliphatic hydroxyl groups is 1. The third-order valence-corrected chi connectivity index (χ3v) is 3.30. The predicted molar refractivity (Wildman–Crippen MR) is 105 cm³/mol. The lowest BCUT2D eigenvalue weighted by atomic mass is 10.1. The average molecular weight is 419 g/mol. The summed E-state index contributed by atoms with van der Waals surface area (Å²) in [7, 11) is 0. The molecule has 1 unspecified atom stereocenters. The Balaban J connectivity index is 0.00000441. The van der Waals surface area contributed by atoms with Crippen molar-refractivity contribution in [3.63, 3.8) is 0 Å². The van der Waals surface area contributed by atoms with Gasteiger partial charge in [0.05, 0.1) is 12.6 Å². The monoisotopic (exact) mass is 419 g/mol. The highest BCUT2D eigenvalue weighted by molar-refractivity contribution is 14.0. The molecule has 0 amide bonds. The molecule has 0 fully saturated rings. The van der Waals surface area contributed by atoms with E-state index in [2.05, 4.69) is 22.5 Å². The van der Waals surface area contributed by atoms with Crippen LogP contribution in [0.4, 0.5) is 0 Å². The Morgan fingerprint density at radius 2 is 1.82 bits per heavy atom. The molecule has 0 bridgehead atoms. The molecule has 0 aromatic heterocycles. The molecule has 1 atom stereocenters. The molecule has 126 valence electrons. The van der Waals surface area contributed by atoms with E-state index in [0.717, 1.165) is 31.0 Å². The predicted octanol–water partition coefficient (Wildman–Crippen LogP) is 3.39. The molecule has 0 heterocycles. The SMILES string of the molecule is CCCCCNC(=NCC(O)c1ccc(C)cc1)NCC.I. The highest BCUT2D eigenvalue weighted by Gasteiger charge is 2.07. The summed E-state index contributed by atoms with van der Waals surface area (Å²) in [6, 6.07) is 7.93. The van der Waals surface area contributed by atoms with E-state index >= 15 is 0 Å². The van der Waals surface area contributed by atoms with Gasteiger partial charge in [0.1, 0.15) is 0 Å². The van der Waals surface area contributed by atoms with Crippen LogP contribution in [0.15, 0.2) is 29.3 Å². The minimum atomic E-state index is -0.559. The van der Waals surface area contributed by atoms with Crippen LogP contribution in [0.25, 0.3) is 0 Å². The van der Waals surface area contributed by atoms with Crippen molar-refractivity contribution in [1.29, 1.82) is 0 Å². The number of guanidine groups is 1. The lowest BCUT2D eigenvalue weighted by molar-refractivity contribution is 0.187. The summed E-state index contributed by atoms with van der Waals surface area (Å²) in [6.45, 7) is 8.38. The summed E-state index contributed by atoms with van der Waals surface area (Å²) in [6.07, 6.45) is 3.01. The number of halogens is 1. The van der Waals surface area contributed by atoms with Crippen LogP contribution in [0.3, 0.4) is 0 Å². The summed E-state index contributed by atoms with van der Waals surface area (Å²) >= 11 is 0. The standard InChI is InChI=1S/C17H29N3O.HI/c1-4-6-7-12-19-17(18-5-2)20-13-16(21)15-10-8-14(3)9-11-15;/h8-11,16,21H,4-7,12-13H2,1-3H3,(H2,18,19,20);1H. The molecular formula is C17H30IN3O. The number of aryl methyl sites for hydroxylation is 1. The zero-order chi connectivity index (χ0) is 15.5. The molecule has 1 aromatic rings. The molecule has 0 saturated heterocycles. The minimum Gasteiger partial charge on any atom is -0.386 e. The van der Waals surface area contributed by atoms with E-state index in [9.17, 15) is 5.11 Å². The van der Waals surface area contributed by atoms with Crippen LogP contribution in [-0.4, -0.2) is 30.7 Å². The van der Waals surface area contributed by atoms with Gasteiger partial charge >= 0.3 is 0 Å². The third kappa shape index (κ3) is 8.58. The van der Waals surface area contributed by atoms with Crippen molar-refractivity contribution < 1.29 is 5.11 Å². The van der Waals surface area contributed by atoms with Crippen molar-refractivity contribution in [2.24, 2.45) is 4.99 Å². The molecule has 0 radical (unpaired) electrons. The van der Waals surface area contributed by atoms with Crippen LogP contribution in [0.1, 0.15) is 50.3 Å². The second-order valence-electron chi connectivity index (χ2n) is 5.28. The van der Waals surface area contributed by atoms with Gasteiger partial charge in [0.15, 0.2) is 5.96 Å². The van der Waals surface area contributed by atoms with Crippen LogP contribution < -0.4 is 10.6 Å². The van der Waals surface area contributed by atoms with Gasteiger partial charge in [-0.2, -0.15) is 0 Å². The van der Waals surface area contributed by atoms with E-state index in [-0.39, 0.29) is 24.0 Å². The summed E-state index contributed by atoms with van der Waals surface area (Å²) in [4.78, 5) is 4.45. The maximum Gasteiger partial charge on any atom is 0.191 e. The van der Waals surface area contributed by atoms with E-state index < -0.39 is 6.10 Å². The van der Waals surface area contributed by atoms with Crippen molar-refractivity contribution in [2.45, 2.75) is 46.1 Å². The molecule has 1 aromatic carbocycles. The van der Waals surface area contributed by atoms with E-state index in [1.54, 1.807) is 0 Å². The quantitative estimate of drug-likeness (QED) is 0.262. The Labute approximate surface area is 151 Å². The zero-order valence-electron chi connectivity index (χ0n) is 13.9. The van der Waals surface area contributed by atoms with Gasteiger partial charge in [0, 0.05) is 13.1 Å². The van der Waals surface area contributed by atoms with Crippen LogP contribution >= 0.6 is 24.0 Å². The summed E-state index contributed by atoms with van der Waals surface area (Å²) < 4.78 is 0. The topological polar surface area (TPSA) is 56.7 Å². The van der Waals surface area contributed by atoms with Gasteiger partial charge in [-0.3, -0.25) is 4.99 Å². The maximum absolute atomic E-state index is 10.2. The van der Waals surface area contributed by atoms with Crippen molar-refractivity contribution >= 4 is 29.9 Å². The molecule has 0 spiro atoms. The number of rotatable bonds is 8. The molecule has 3 N–H and O–H groups in total. The fourth-order valence-corrected chi connectivity index (χ4v) is 2.00. The summed E-state index contributed by atoms with van der Waals surface area (Å²) in [5, 5.41) is 16.7. The number of aliphatic imine (C=N–C) groups is 1. The largest absolute Gasteiger partial charge is 0.386 e. The molecule has 1 rings (SSSR count). The molecule has 22 heavy (non-hydrogen) atoms. The van der Waals surface area contributed by atoms with E-state index in [1.165, 1.54) is 18.4 Å². The number of nitrogens with zero attached hydrogens (tertiary/aromatic N) is 1. The summed E-state index contributed by atoms with van der Waals surface area (Å²) in [5.41, 5.74) is 2.10. The molecular weight excluding hydrogens is 389 g/mol. The van der Waals surface area contributed by atoms with Gasteiger partial charge < -0.3 is 15.7 Å². The smallest absolute Gasteiger partial charge is 0.191 e. The number of unbranched alkanes of at least 4 members (excludes halogenated alkanes) is 2. The van der Waals surface area contributed by atoms with Crippen molar-refractivity contribution in [1.82, 2.24) is 10.6 Å². The van der Waals surface area contributed by atoms with Gasteiger partial charge in [0.25, 0.3) is 0 Å². The van der Waals surface area contributed by atoms with E-state index in [0.29, 0.717) is 6.54 Å². The van der Waals surface area contributed by atoms with Crippen molar-refractivity contribution in [3.8, 4) is 0 Å². The fourth-order valence-electron chi connectivity index (χ4n) is 2.00. The first-order valence-corrected chi connectivity index (χ1v) is 7.94. The van der Waals surface area contributed by atoms with Gasteiger partial charge in [0.2, 0.25) is 0 Å². The van der Waals surface area contributed by atoms with Crippen LogP contribution in [-0.2, 0) is 0 Å². The van der Waals surface area contributed by atoms with E-state index in [1.807, 2.05) is 38.1 Å². The van der Waals surface area contributed by atoms with E-state index in [4.69, 9.17) is 0 Å². The molecule has 5 heteroatoms. The second-order valence-corrected chi connectivity index (χ2v) is 5.28. The highest BCUT2D eigenvalue weighted by Crippen LogP contribution is 2.13. The first kappa shape index (κ1) is 21.2. The van der Waals surface area contributed by atoms with Crippen molar-refractivity contribution in [3.05, 3.63) is 35.4 Å². The number of nitrogens with one attached hydrogen (secondary N) is 2. The Kier molecular flexibility index (Phi) is 12.2. The Morgan fingerprint density at radius 1 is 1.14 bits per heavy atom. The minimum absolute atomic E-state index is 0. The molecule has 0 aliphatic carbocycles. The van der Waals surface area contributed by atoms with Crippen molar-refractivity contribution in [2.75, 3.05) is 19.6 Å². The number of aliphatic hydroxyl groups excluding tert-OH is 1. The number of benzene rings is 1. The zero-order valence-corrected chi connectivity index (χ0v) is 16.3. The molecule has 0 aliphatic rings. The molecule has 0 saturated carbocycles. The average Bonchev–Trinajstić information content (AvgIpc) is 2.49. The highest BCUT2D eigenvalue weighted by atomic mass is 127. The summed E-state index contributed by atoms with van der Waals surface area (Å²) in [5.74, 6) is 0.778. The third-order valence-electron chi connectivity index (χ3n) is 3.30. The lowest BCUT2D eigenvalue weighted by Gasteiger charge is -2.13. The van der Waals surface area contributed by atoms with Gasteiger partial charge in [-0.1, -0.05) is 49.6 Å². The Morgan fingerprint density at radius 3 is 2.41 bits per heavy atom. The maximum atomic E-state index is 10.2. The molecule has 0 aliphatic heterocycles. The van der Waals surface area contributed by atoms with Gasteiger partial charge in [-0.25, -0.2) is 0 Å². The van der Waals surface area contributed by atoms with Gasteiger partial charge in [-0.15, -0.1) is 24.0 Å². The van der Waals surface area contributed by atoms with Crippen LogP contribution in [0.2, 0.25) is 0 Å². The van der Waals surface area contributed by atoms with Crippen LogP contribution in [0, 0.1) is 6.92 Å². The first-order valence-electron chi connectivity index (χ1n) is 7.94. The normalized spacial score (nSPS) is 12.5.